The molecule has 0 bridgehead atoms. The number of hydrogen-bond acceptors (Lipinski definition) is 2. The third-order valence-electron chi connectivity index (χ3n) is 2.87. The third kappa shape index (κ3) is 2.95. The molecule has 17 heavy (non-hydrogen) atoms. The smallest absolute Gasteiger partial charge is 0.136 e. The van der Waals surface area contributed by atoms with Crippen LogP contribution in [-0.2, 0) is 0 Å². The van der Waals surface area contributed by atoms with Crippen LogP contribution < -0.4 is 0 Å². The molecular weight excluding hydrogens is 228 g/mol. The van der Waals surface area contributed by atoms with Crippen LogP contribution in [0.3, 0.4) is 0 Å². The van der Waals surface area contributed by atoms with Gasteiger partial charge < -0.3 is 5.11 Å². The number of fused-ring (bicyclic) bond motifs is 1. The normalized spacial score (nSPS) is 10.9. The Kier molecular flexibility index (Phi) is 4.32. The van der Waals surface area contributed by atoms with Crippen molar-refractivity contribution < 1.29 is 5.11 Å². The van der Waals surface area contributed by atoms with Crippen LogP contribution in [0, 0.1) is 0 Å². The van der Waals surface area contributed by atoms with E-state index >= 15 is 0 Å². The Balaban J connectivity index is 2.15. The van der Waals surface area contributed by atoms with E-state index in [2.05, 4.69) is 13.0 Å². The highest BCUT2D eigenvalue weighted by Crippen LogP contribution is 2.35. The summed E-state index contributed by atoms with van der Waals surface area (Å²) in [6.07, 6.45) is 3.72. The topological polar surface area (TPSA) is 20.2 Å². The molecule has 1 N–H and O–H groups in total. The van der Waals surface area contributed by atoms with Crippen molar-refractivity contribution >= 4 is 22.5 Å². The molecule has 0 saturated carbocycles. The van der Waals surface area contributed by atoms with Crippen LogP contribution >= 0.6 is 11.8 Å². The van der Waals surface area contributed by atoms with Gasteiger partial charge in [-0.25, -0.2) is 0 Å². The molecule has 2 rings (SSSR count). The molecular formula is C15H18OS. The first kappa shape index (κ1) is 12.3. The zero-order chi connectivity index (χ0) is 12.1. The van der Waals surface area contributed by atoms with Gasteiger partial charge in [0.15, 0.2) is 0 Å². The molecule has 0 heterocycles. The number of thioether (sulfide) groups is 1. The summed E-state index contributed by atoms with van der Waals surface area (Å²) in [7, 11) is 0. The fourth-order valence-corrected chi connectivity index (χ4v) is 2.87. The lowest BCUT2D eigenvalue weighted by molar-refractivity contribution is 0.469. The highest BCUT2D eigenvalue weighted by Gasteiger charge is 2.05. The Morgan fingerprint density at radius 3 is 2.71 bits per heavy atom. The van der Waals surface area contributed by atoms with Crippen molar-refractivity contribution in [3.05, 3.63) is 36.4 Å². The molecule has 0 atom stereocenters. The Morgan fingerprint density at radius 1 is 1.06 bits per heavy atom. The van der Waals surface area contributed by atoms with E-state index in [0.717, 1.165) is 21.4 Å². The van der Waals surface area contributed by atoms with E-state index in [4.69, 9.17) is 0 Å². The molecule has 0 unspecified atom stereocenters. The highest BCUT2D eigenvalue weighted by molar-refractivity contribution is 7.99. The van der Waals surface area contributed by atoms with Crippen LogP contribution in [0.2, 0.25) is 0 Å². The van der Waals surface area contributed by atoms with Gasteiger partial charge >= 0.3 is 0 Å². The first-order chi connectivity index (χ1) is 8.33. The van der Waals surface area contributed by atoms with Crippen LogP contribution in [0.15, 0.2) is 41.3 Å². The standard InChI is InChI=1S/C15H18OS/c1-2-3-6-11-17-14-10-9-12-7-4-5-8-13(12)15(14)16/h4-5,7-10,16H,2-3,6,11H2,1H3. The van der Waals surface area contributed by atoms with Crippen molar-refractivity contribution in [2.24, 2.45) is 0 Å². The van der Waals surface area contributed by atoms with E-state index < -0.39 is 0 Å². The van der Waals surface area contributed by atoms with Crippen LogP contribution in [-0.4, -0.2) is 10.9 Å². The SMILES string of the molecule is CCCCCSc1ccc2ccccc2c1O. The van der Waals surface area contributed by atoms with Gasteiger partial charge in [0.2, 0.25) is 0 Å². The first-order valence-electron chi connectivity index (χ1n) is 6.16. The number of benzene rings is 2. The average molecular weight is 246 g/mol. The molecule has 2 aromatic rings. The lowest BCUT2D eigenvalue weighted by Gasteiger charge is -2.07. The molecule has 0 aliphatic carbocycles. The molecule has 0 spiro atoms. The fourth-order valence-electron chi connectivity index (χ4n) is 1.89. The van der Waals surface area contributed by atoms with E-state index in [1.807, 2.05) is 30.3 Å². The van der Waals surface area contributed by atoms with Gasteiger partial charge in [0.05, 0.1) is 0 Å². The largest absolute Gasteiger partial charge is 0.506 e. The van der Waals surface area contributed by atoms with Gasteiger partial charge in [0.25, 0.3) is 0 Å². The molecule has 0 aliphatic rings. The number of rotatable bonds is 5. The summed E-state index contributed by atoms with van der Waals surface area (Å²) in [5.74, 6) is 1.52. The maximum Gasteiger partial charge on any atom is 0.136 e. The highest BCUT2D eigenvalue weighted by atomic mass is 32.2. The second-order valence-electron chi connectivity index (χ2n) is 4.19. The van der Waals surface area contributed by atoms with E-state index in [0.29, 0.717) is 5.75 Å². The van der Waals surface area contributed by atoms with Gasteiger partial charge in [-0.15, -0.1) is 11.8 Å². The molecule has 2 aromatic carbocycles. The summed E-state index contributed by atoms with van der Waals surface area (Å²) in [6.45, 7) is 2.21. The number of phenols is 1. The number of unbranched alkanes of at least 4 members (excludes halogenated alkanes) is 2. The van der Waals surface area contributed by atoms with Crippen molar-refractivity contribution in [3.8, 4) is 5.75 Å². The number of hydrogen-bond donors (Lipinski definition) is 1. The van der Waals surface area contributed by atoms with Crippen LogP contribution in [0.25, 0.3) is 10.8 Å². The molecule has 0 aliphatic heterocycles. The minimum absolute atomic E-state index is 0.435. The van der Waals surface area contributed by atoms with Gasteiger partial charge in [-0.1, -0.05) is 50.1 Å². The summed E-state index contributed by atoms with van der Waals surface area (Å²) in [6, 6.07) is 12.1. The molecule has 0 radical (unpaired) electrons. The summed E-state index contributed by atoms with van der Waals surface area (Å²) < 4.78 is 0. The maximum atomic E-state index is 10.2. The van der Waals surface area contributed by atoms with Crippen LogP contribution in [0.1, 0.15) is 26.2 Å². The van der Waals surface area contributed by atoms with E-state index in [9.17, 15) is 5.11 Å². The second kappa shape index (κ2) is 5.97. The second-order valence-corrected chi connectivity index (χ2v) is 5.33. The molecule has 0 saturated heterocycles. The van der Waals surface area contributed by atoms with Crippen molar-refractivity contribution in [3.63, 3.8) is 0 Å². The monoisotopic (exact) mass is 246 g/mol. The molecule has 0 aromatic heterocycles. The van der Waals surface area contributed by atoms with Crippen molar-refractivity contribution in [2.45, 2.75) is 31.1 Å². The number of phenolic OH excluding ortho intramolecular Hbond substituents is 1. The Labute approximate surface area is 107 Å². The quantitative estimate of drug-likeness (QED) is 0.602. The summed E-state index contributed by atoms with van der Waals surface area (Å²) in [4.78, 5) is 1.000. The molecule has 0 amide bonds. The fraction of sp³-hybridized carbons (Fsp3) is 0.333. The molecule has 1 nitrogen and oxygen atoms in total. The minimum atomic E-state index is 0.435. The Morgan fingerprint density at radius 2 is 1.88 bits per heavy atom. The summed E-state index contributed by atoms with van der Waals surface area (Å²) >= 11 is 1.75. The molecule has 90 valence electrons. The Hall–Kier alpha value is -1.15. The predicted octanol–water partition coefficient (Wildman–Crippen LogP) is 4.83. The molecule has 0 fully saturated rings. The van der Waals surface area contributed by atoms with E-state index in [-0.39, 0.29) is 0 Å². The maximum absolute atomic E-state index is 10.2. The van der Waals surface area contributed by atoms with Crippen molar-refractivity contribution in [1.29, 1.82) is 0 Å². The van der Waals surface area contributed by atoms with E-state index in [1.165, 1.54) is 19.3 Å². The van der Waals surface area contributed by atoms with Gasteiger partial charge in [0, 0.05) is 10.3 Å². The van der Waals surface area contributed by atoms with Crippen molar-refractivity contribution in [1.82, 2.24) is 0 Å². The van der Waals surface area contributed by atoms with Gasteiger partial charge in [-0.05, 0) is 23.6 Å². The average Bonchev–Trinajstić information content (AvgIpc) is 2.37. The van der Waals surface area contributed by atoms with Gasteiger partial charge in [0.1, 0.15) is 5.75 Å². The predicted molar refractivity (Wildman–Crippen MR) is 75.9 cm³/mol. The first-order valence-corrected chi connectivity index (χ1v) is 7.15. The van der Waals surface area contributed by atoms with E-state index in [1.54, 1.807) is 11.8 Å². The van der Waals surface area contributed by atoms with Crippen LogP contribution in [0.5, 0.6) is 5.75 Å². The van der Waals surface area contributed by atoms with Crippen molar-refractivity contribution in [2.75, 3.05) is 5.75 Å². The van der Waals surface area contributed by atoms with Gasteiger partial charge in [-0.2, -0.15) is 0 Å². The summed E-state index contributed by atoms with van der Waals surface area (Å²) in [5.41, 5.74) is 0. The lowest BCUT2D eigenvalue weighted by Crippen LogP contribution is -1.82. The summed E-state index contributed by atoms with van der Waals surface area (Å²) in [5, 5.41) is 12.2. The third-order valence-corrected chi connectivity index (χ3v) is 4.00. The zero-order valence-electron chi connectivity index (χ0n) is 10.1. The molecule has 2 heteroatoms. The van der Waals surface area contributed by atoms with Crippen LogP contribution in [0.4, 0.5) is 0 Å². The Bertz CT molecular complexity index is 493. The number of aromatic hydroxyl groups is 1. The zero-order valence-corrected chi connectivity index (χ0v) is 11.0. The van der Waals surface area contributed by atoms with Gasteiger partial charge in [-0.3, -0.25) is 0 Å². The lowest BCUT2D eigenvalue weighted by atomic mass is 10.1. The minimum Gasteiger partial charge on any atom is -0.506 e.